The van der Waals surface area contributed by atoms with Crippen LogP contribution < -0.4 is 9.47 Å². The van der Waals surface area contributed by atoms with Gasteiger partial charge in [-0.25, -0.2) is 0 Å². The Balaban J connectivity index is 1.50. The number of phenols is 1. The first-order valence-corrected chi connectivity index (χ1v) is 10.7. The fourth-order valence-electron chi connectivity index (χ4n) is 3.28. The first-order valence-electron chi connectivity index (χ1n) is 10.3. The van der Waals surface area contributed by atoms with Crippen LogP contribution in [0.15, 0.2) is 72.9 Å². The van der Waals surface area contributed by atoms with Crippen LogP contribution in [0.5, 0.6) is 23.0 Å². The molecule has 6 heteroatoms. The van der Waals surface area contributed by atoms with Crippen LogP contribution in [0.25, 0.3) is 11.3 Å². The molecular weight excluding hydrogens is 424 g/mol. The number of hydrogen-bond acceptors (Lipinski definition) is 4. The van der Waals surface area contributed by atoms with Crippen molar-refractivity contribution in [1.82, 2.24) is 10.2 Å². The van der Waals surface area contributed by atoms with Crippen molar-refractivity contribution >= 4 is 11.6 Å². The van der Waals surface area contributed by atoms with Crippen LogP contribution in [-0.4, -0.2) is 15.3 Å². The standard InChI is InChI=1S/C26H25ClN2O3/c1-26(2,3)18-8-10-19(11-9-18)32-24-15-28-29-25(24)21-13-12-20(14-23(21)30)31-16-17-6-4-5-7-22(17)27/h4-15,30H,16H2,1-3H3,(H,28,29). The van der Waals surface area contributed by atoms with Crippen LogP contribution in [0.2, 0.25) is 5.02 Å². The minimum Gasteiger partial charge on any atom is -0.507 e. The highest BCUT2D eigenvalue weighted by Crippen LogP contribution is 2.38. The molecule has 0 saturated heterocycles. The third-order valence-corrected chi connectivity index (χ3v) is 5.51. The van der Waals surface area contributed by atoms with Crippen molar-refractivity contribution in [1.29, 1.82) is 0 Å². The molecule has 3 aromatic carbocycles. The van der Waals surface area contributed by atoms with Gasteiger partial charge in [0.15, 0.2) is 5.75 Å². The van der Waals surface area contributed by atoms with E-state index in [-0.39, 0.29) is 11.2 Å². The molecule has 32 heavy (non-hydrogen) atoms. The Morgan fingerprint density at radius 3 is 2.38 bits per heavy atom. The summed E-state index contributed by atoms with van der Waals surface area (Å²) in [6, 6.07) is 20.6. The maximum Gasteiger partial charge on any atom is 0.173 e. The number of rotatable bonds is 6. The molecule has 0 amide bonds. The third-order valence-electron chi connectivity index (χ3n) is 5.14. The van der Waals surface area contributed by atoms with E-state index < -0.39 is 0 Å². The number of nitrogens with one attached hydrogen (secondary N) is 1. The molecular formula is C26H25ClN2O3. The van der Waals surface area contributed by atoms with E-state index in [4.69, 9.17) is 21.1 Å². The highest BCUT2D eigenvalue weighted by Gasteiger charge is 2.16. The van der Waals surface area contributed by atoms with Crippen LogP contribution in [0.1, 0.15) is 31.9 Å². The summed E-state index contributed by atoms with van der Waals surface area (Å²) in [5.41, 5.74) is 3.32. The number of nitrogens with zero attached hydrogens (tertiary/aromatic N) is 1. The van der Waals surface area contributed by atoms with Gasteiger partial charge < -0.3 is 14.6 Å². The minimum atomic E-state index is 0.0545. The lowest BCUT2D eigenvalue weighted by Crippen LogP contribution is -2.10. The highest BCUT2D eigenvalue weighted by molar-refractivity contribution is 6.31. The fraction of sp³-hybridized carbons (Fsp3) is 0.192. The van der Waals surface area contributed by atoms with Gasteiger partial charge >= 0.3 is 0 Å². The molecule has 0 bridgehead atoms. The van der Waals surface area contributed by atoms with Gasteiger partial charge in [0.25, 0.3) is 0 Å². The lowest BCUT2D eigenvalue weighted by Gasteiger charge is -2.19. The van der Waals surface area contributed by atoms with Crippen molar-refractivity contribution in [2.24, 2.45) is 0 Å². The van der Waals surface area contributed by atoms with Crippen molar-refractivity contribution in [3.05, 3.63) is 89.1 Å². The zero-order valence-electron chi connectivity index (χ0n) is 18.2. The van der Waals surface area contributed by atoms with E-state index in [9.17, 15) is 5.11 Å². The van der Waals surface area contributed by atoms with Gasteiger partial charge in [-0.15, -0.1) is 0 Å². The highest BCUT2D eigenvalue weighted by atomic mass is 35.5. The number of halogens is 1. The van der Waals surface area contributed by atoms with Gasteiger partial charge in [0.2, 0.25) is 0 Å². The Morgan fingerprint density at radius 1 is 0.969 bits per heavy atom. The van der Waals surface area contributed by atoms with Crippen molar-refractivity contribution < 1.29 is 14.6 Å². The van der Waals surface area contributed by atoms with E-state index in [1.54, 1.807) is 24.4 Å². The molecule has 0 saturated carbocycles. The van der Waals surface area contributed by atoms with Crippen molar-refractivity contribution in [3.8, 4) is 34.3 Å². The number of aromatic hydroxyl groups is 1. The summed E-state index contributed by atoms with van der Waals surface area (Å²) in [6.45, 7) is 6.81. The Labute approximate surface area is 192 Å². The van der Waals surface area contributed by atoms with E-state index >= 15 is 0 Å². The van der Waals surface area contributed by atoms with Crippen molar-refractivity contribution in [2.75, 3.05) is 0 Å². The Hall–Kier alpha value is -3.44. The molecule has 4 rings (SSSR count). The maximum absolute atomic E-state index is 10.6. The Morgan fingerprint density at radius 2 is 1.69 bits per heavy atom. The van der Waals surface area contributed by atoms with Gasteiger partial charge in [-0.1, -0.05) is 62.7 Å². The Bertz CT molecular complexity index is 1210. The van der Waals surface area contributed by atoms with Gasteiger partial charge in [0.05, 0.1) is 6.20 Å². The molecule has 1 heterocycles. The number of H-pyrrole nitrogens is 1. The molecule has 0 aliphatic heterocycles. The lowest BCUT2D eigenvalue weighted by molar-refractivity contribution is 0.304. The van der Waals surface area contributed by atoms with Crippen molar-refractivity contribution in [3.63, 3.8) is 0 Å². The van der Waals surface area contributed by atoms with E-state index in [1.165, 1.54) is 5.56 Å². The monoisotopic (exact) mass is 448 g/mol. The van der Waals surface area contributed by atoms with Crippen molar-refractivity contribution in [2.45, 2.75) is 32.8 Å². The molecule has 5 nitrogen and oxygen atoms in total. The average molecular weight is 449 g/mol. The second-order valence-electron chi connectivity index (χ2n) is 8.54. The predicted octanol–water partition coefficient (Wildman–Crippen LogP) is 7.10. The number of benzene rings is 3. The van der Waals surface area contributed by atoms with E-state index in [0.29, 0.717) is 40.1 Å². The molecule has 0 aliphatic rings. The van der Waals surface area contributed by atoms with Gasteiger partial charge in [-0.2, -0.15) is 5.10 Å². The minimum absolute atomic E-state index is 0.0545. The predicted molar refractivity (Wildman–Crippen MR) is 127 cm³/mol. The topological polar surface area (TPSA) is 67.4 Å². The van der Waals surface area contributed by atoms with E-state index in [2.05, 4.69) is 43.1 Å². The molecule has 1 aromatic heterocycles. The van der Waals surface area contributed by atoms with E-state index in [0.717, 1.165) is 5.56 Å². The summed E-state index contributed by atoms with van der Waals surface area (Å²) < 4.78 is 11.8. The summed E-state index contributed by atoms with van der Waals surface area (Å²) >= 11 is 6.17. The second kappa shape index (κ2) is 8.97. The van der Waals surface area contributed by atoms with Gasteiger partial charge in [0.1, 0.15) is 29.5 Å². The summed E-state index contributed by atoms with van der Waals surface area (Å²) in [6.07, 6.45) is 1.59. The molecule has 0 spiro atoms. The van der Waals surface area contributed by atoms with Crippen LogP contribution in [0, 0.1) is 0 Å². The smallest absolute Gasteiger partial charge is 0.173 e. The van der Waals surface area contributed by atoms with E-state index in [1.807, 2.05) is 36.4 Å². The molecule has 0 atom stereocenters. The molecule has 0 unspecified atom stereocenters. The SMILES string of the molecule is CC(C)(C)c1ccc(Oc2cn[nH]c2-c2ccc(OCc3ccccc3Cl)cc2O)cc1. The molecule has 2 N–H and O–H groups in total. The molecule has 4 aromatic rings. The van der Waals surface area contributed by atoms with Gasteiger partial charge in [-0.05, 0) is 41.3 Å². The maximum atomic E-state index is 10.6. The average Bonchev–Trinajstić information content (AvgIpc) is 3.21. The fourth-order valence-corrected chi connectivity index (χ4v) is 3.47. The molecule has 164 valence electrons. The zero-order valence-corrected chi connectivity index (χ0v) is 19.0. The first-order chi connectivity index (χ1) is 15.3. The quantitative estimate of drug-likeness (QED) is 0.330. The summed E-state index contributed by atoms with van der Waals surface area (Å²) in [5, 5.41) is 18.3. The zero-order chi connectivity index (χ0) is 22.7. The molecule has 0 radical (unpaired) electrons. The van der Waals surface area contributed by atoms with Crippen LogP contribution >= 0.6 is 11.6 Å². The summed E-state index contributed by atoms with van der Waals surface area (Å²) in [4.78, 5) is 0. The number of hydrogen-bond donors (Lipinski definition) is 2. The normalized spacial score (nSPS) is 11.4. The van der Waals surface area contributed by atoms with Gasteiger partial charge in [0, 0.05) is 22.2 Å². The summed E-state index contributed by atoms with van der Waals surface area (Å²) in [5.74, 6) is 1.80. The molecule has 0 fully saturated rings. The van der Waals surface area contributed by atoms with Crippen LogP contribution in [-0.2, 0) is 12.0 Å². The Kier molecular flexibility index (Phi) is 6.10. The first kappa shape index (κ1) is 21.8. The number of aromatic nitrogens is 2. The molecule has 0 aliphatic carbocycles. The van der Waals surface area contributed by atoms with Gasteiger partial charge in [-0.3, -0.25) is 5.10 Å². The van der Waals surface area contributed by atoms with Crippen LogP contribution in [0.4, 0.5) is 0 Å². The number of aromatic amines is 1. The lowest BCUT2D eigenvalue weighted by atomic mass is 9.87. The second-order valence-corrected chi connectivity index (χ2v) is 8.95. The number of ether oxygens (including phenoxy) is 2. The third kappa shape index (κ3) is 4.89. The van der Waals surface area contributed by atoms with Crippen LogP contribution in [0.3, 0.4) is 0 Å². The largest absolute Gasteiger partial charge is 0.507 e. The number of phenolic OH excluding ortho intramolecular Hbond substituents is 1. The summed E-state index contributed by atoms with van der Waals surface area (Å²) in [7, 11) is 0.